The summed E-state index contributed by atoms with van der Waals surface area (Å²) in [5.74, 6) is 2.07. The number of benzene rings is 2. The zero-order chi connectivity index (χ0) is 24.0. The Morgan fingerprint density at radius 3 is 1.85 bits per heavy atom. The van der Waals surface area contributed by atoms with Gasteiger partial charge in [0, 0.05) is 0 Å². The second-order valence-electron chi connectivity index (χ2n) is 12.0. The Kier molecular flexibility index (Phi) is 8.58. The van der Waals surface area contributed by atoms with E-state index in [0.717, 1.165) is 18.3 Å². The SMILES string of the molecule is C/C(=C/CO[Si](c1ccccc1)(c1ccccc1)C(C)(C)C)CCCB1C2CCCC1CCC2. The molecule has 3 heteroatoms. The number of hydrogen-bond acceptors (Lipinski definition) is 1. The van der Waals surface area contributed by atoms with Crippen LogP contribution in [0.4, 0.5) is 0 Å². The molecule has 0 atom stereocenters. The van der Waals surface area contributed by atoms with Crippen molar-refractivity contribution < 1.29 is 4.43 Å². The summed E-state index contributed by atoms with van der Waals surface area (Å²) < 4.78 is 7.06. The van der Waals surface area contributed by atoms with Crippen LogP contribution in [0.3, 0.4) is 0 Å². The fraction of sp³-hybridized carbons (Fsp3) is 0.548. The maximum atomic E-state index is 7.06. The van der Waals surface area contributed by atoms with Gasteiger partial charge in [-0.25, -0.2) is 0 Å². The summed E-state index contributed by atoms with van der Waals surface area (Å²) in [7, 11) is -2.43. The number of hydrogen-bond donors (Lipinski definition) is 0. The minimum absolute atomic E-state index is 0.0379. The van der Waals surface area contributed by atoms with E-state index in [1.54, 1.807) is 0 Å². The summed E-state index contributed by atoms with van der Waals surface area (Å²) in [4.78, 5) is 0. The molecule has 182 valence electrons. The van der Waals surface area contributed by atoms with Gasteiger partial charge in [-0.15, -0.1) is 0 Å². The molecule has 34 heavy (non-hydrogen) atoms. The minimum atomic E-state index is -2.43. The van der Waals surface area contributed by atoms with Crippen LogP contribution >= 0.6 is 0 Å². The van der Waals surface area contributed by atoms with E-state index in [1.165, 1.54) is 73.6 Å². The Labute approximate surface area is 210 Å². The van der Waals surface area contributed by atoms with Crippen molar-refractivity contribution in [2.45, 2.75) is 102 Å². The van der Waals surface area contributed by atoms with Crippen LogP contribution in [0.2, 0.25) is 23.0 Å². The normalized spacial score (nSPS) is 21.5. The molecule has 2 aromatic carbocycles. The predicted molar refractivity (Wildman–Crippen MR) is 152 cm³/mol. The molecule has 1 nitrogen and oxygen atoms in total. The lowest BCUT2D eigenvalue weighted by molar-refractivity contribution is 0.338. The smallest absolute Gasteiger partial charge is 0.261 e. The highest BCUT2D eigenvalue weighted by atomic mass is 28.4. The summed E-state index contributed by atoms with van der Waals surface area (Å²) in [5.41, 5.74) is 1.50. The maximum absolute atomic E-state index is 7.06. The Morgan fingerprint density at radius 1 is 0.882 bits per heavy atom. The summed E-state index contributed by atoms with van der Waals surface area (Å²) in [6.07, 6.45) is 15.4. The van der Waals surface area contributed by atoms with Crippen LogP contribution < -0.4 is 10.4 Å². The molecule has 2 fully saturated rings. The molecule has 0 aromatic heterocycles. The zero-order valence-electron chi connectivity index (χ0n) is 22.1. The lowest BCUT2D eigenvalue weighted by Crippen LogP contribution is -2.66. The summed E-state index contributed by atoms with van der Waals surface area (Å²) in [6.45, 7) is 11.1. The van der Waals surface area contributed by atoms with Crippen molar-refractivity contribution in [3.63, 3.8) is 0 Å². The first-order valence-corrected chi connectivity index (χ1v) is 15.7. The monoisotopic (exact) mass is 472 g/mol. The third-order valence-corrected chi connectivity index (χ3v) is 13.8. The van der Waals surface area contributed by atoms with Crippen molar-refractivity contribution in [2.75, 3.05) is 6.61 Å². The Hall–Kier alpha value is -1.58. The van der Waals surface area contributed by atoms with Gasteiger partial charge in [-0.05, 0) is 28.8 Å². The molecule has 2 saturated heterocycles. The first kappa shape index (κ1) is 25.5. The van der Waals surface area contributed by atoms with Gasteiger partial charge in [-0.2, -0.15) is 0 Å². The Morgan fingerprint density at radius 2 is 1.38 bits per heavy atom. The second-order valence-corrected chi connectivity index (χ2v) is 16.3. The fourth-order valence-electron chi connectivity index (χ4n) is 7.07. The lowest BCUT2D eigenvalue weighted by Gasteiger charge is -2.42. The number of fused-ring (bicyclic) bond motifs is 2. The summed E-state index contributed by atoms with van der Waals surface area (Å²) in [6, 6.07) is 22.0. The molecule has 0 aliphatic carbocycles. The van der Waals surface area contributed by atoms with Gasteiger partial charge in [-0.3, -0.25) is 0 Å². The van der Waals surface area contributed by atoms with Gasteiger partial charge in [0.2, 0.25) is 0 Å². The van der Waals surface area contributed by atoms with E-state index in [-0.39, 0.29) is 5.04 Å². The first-order chi connectivity index (χ1) is 16.4. The molecular weight excluding hydrogens is 427 g/mol. The van der Waals surface area contributed by atoms with E-state index >= 15 is 0 Å². The van der Waals surface area contributed by atoms with Crippen LogP contribution in [0.15, 0.2) is 72.3 Å². The minimum Gasteiger partial charge on any atom is -0.404 e. The third kappa shape index (κ3) is 5.63. The van der Waals surface area contributed by atoms with E-state index in [2.05, 4.69) is 94.4 Å². The number of rotatable bonds is 9. The summed E-state index contributed by atoms with van der Waals surface area (Å²) >= 11 is 0. The Balaban J connectivity index is 1.43. The van der Waals surface area contributed by atoms with E-state index in [0.29, 0.717) is 6.61 Å². The highest BCUT2D eigenvalue weighted by Crippen LogP contribution is 2.48. The molecule has 2 aliphatic rings. The van der Waals surface area contributed by atoms with Crippen LogP contribution in [-0.2, 0) is 4.43 Å². The van der Waals surface area contributed by atoms with E-state index < -0.39 is 8.32 Å². The van der Waals surface area contributed by atoms with Crippen molar-refractivity contribution >= 4 is 25.4 Å². The van der Waals surface area contributed by atoms with Crippen LogP contribution in [0, 0.1) is 0 Å². The van der Waals surface area contributed by atoms with Crippen LogP contribution in [0.25, 0.3) is 0 Å². The molecule has 2 heterocycles. The zero-order valence-corrected chi connectivity index (χ0v) is 23.1. The van der Waals surface area contributed by atoms with Gasteiger partial charge >= 0.3 is 0 Å². The second kappa shape index (κ2) is 11.4. The maximum Gasteiger partial charge on any atom is 0.261 e. The molecule has 2 bridgehead atoms. The van der Waals surface area contributed by atoms with Crippen LogP contribution in [0.5, 0.6) is 0 Å². The van der Waals surface area contributed by atoms with Gasteiger partial charge in [0.05, 0.1) is 6.61 Å². The fourth-order valence-corrected chi connectivity index (χ4v) is 11.6. The molecule has 4 rings (SSSR count). The van der Waals surface area contributed by atoms with Gasteiger partial charge in [-0.1, -0.05) is 156 Å². The highest BCUT2D eigenvalue weighted by Gasteiger charge is 2.49. The quantitative estimate of drug-likeness (QED) is 0.266. The average molecular weight is 473 g/mol. The topological polar surface area (TPSA) is 9.23 Å². The molecule has 0 radical (unpaired) electrons. The Bertz CT molecular complexity index is 856. The van der Waals surface area contributed by atoms with Gasteiger partial charge in [0.15, 0.2) is 0 Å². The van der Waals surface area contributed by atoms with Crippen molar-refractivity contribution in [3.05, 3.63) is 72.3 Å². The molecule has 0 N–H and O–H groups in total. The van der Waals surface area contributed by atoms with Crippen molar-refractivity contribution in [1.29, 1.82) is 0 Å². The van der Waals surface area contributed by atoms with Crippen molar-refractivity contribution in [2.24, 2.45) is 0 Å². The standard InChI is InChI=1S/C31H45BOSi/c1-26(14-13-24-32-27-15-11-16-28(32)18-12-17-27)23-25-33-34(31(2,3)4,29-19-7-5-8-20-29)30-21-9-6-10-22-30/h5-10,19-23,27-28H,11-18,24-25H2,1-4H3/b26-23-. The highest BCUT2D eigenvalue weighted by molar-refractivity contribution is 6.99. The van der Waals surface area contributed by atoms with E-state index in [1.807, 2.05) is 0 Å². The molecule has 0 amide bonds. The molecule has 0 unspecified atom stereocenters. The van der Waals surface area contributed by atoms with Crippen molar-refractivity contribution in [3.8, 4) is 0 Å². The largest absolute Gasteiger partial charge is 0.404 e. The summed E-state index contributed by atoms with van der Waals surface area (Å²) in [5, 5.41) is 2.77. The lowest BCUT2D eigenvalue weighted by atomic mass is 9.26. The average Bonchev–Trinajstić information content (AvgIpc) is 2.82. The molecule has 0 spiro atoms. The molecule has 2 aromatic rings. The van der Waals surface area contributed by atoms with Gasteiger partial charge in [0.1, 0.15) is 6.71 Å². The molecule has 0 saturated carbocycles. The number of allylic oxidation sites excluding steroid dienone is 1. The molecular formula is C31H45BOSi. The third-order valence-electron chi connectivity index (χ3n) is 8.77. The first-order valence-electron chi connectivity index (χ1n) is 13.8. The van der Waals surface area contributed by atoms with E-state index in [4.69, 9.17) is 4.43 Å². The van der Waals surface area contributed by atoms with Crippen LogP contribution in [-0.4, -0.2) is 21.6 Å². The van der Waals surface area contributed by atoms with E-state index in [9.17, 15) is 0 Å². The van der Waals surface area contributed by atoms with Crippen LogP contribution in [0.1, 0.15) is 79.1 Å². The van der Waals surface area contributed by atoms with Gasteiger partial charge in [0.25, 0.3) is 8.32 Å². The molecule has 2 aliphatic heterocycles. The van der Waals surface area contributed by atoms with Gasteiger partial charge < -0.3 is 4.43 Å². The predicted octanol–water partition coefficient (Wildman–Crippen LogP) is 7.89. The van der Waals surface area contributed by atoms with Crippen molar-refractivity contribution in [1.82, 2.24) is 0 Å².